The number of rotatable bonds is 3. The molecular formula is C13H18NS+. The fraction of sp³-hybridized carbons (Fsp3) is 0.538. The Bertz CT molecular complexity index is 316. The number of nitrogens with zero attached hydrogens (tertiary/aromatic N) is 1. The van der Waals surface area contributed by atoms with Crippen LogP contribution < -0.4 is 4.90 Å². The first kappa shape index (κ1) is 10.7. The Kier molecular flexibility index (Phi) is 3.43. The molecule has 1 saturated heterocycles. The van der Waals surface area contributed by atoms with E-state index in [-0.39, 0.29) is 0 Å². The molecule has 0 saturated carbocycles. The van der Waals surface area contributed by atoms with Crippen LogP contribution >= 0.6 is 0 Å². The maximum atomic E-state index is 3.08. The van der Waals surface area contributed by atoms with Gasteiger partial charge in [0.1, 0.15) is 17.3 Å². The molecule has 1 fully saturated rings. The smallest absolute Gasteiger partial charge is 0.135 e. The molecule has 1 aromatic carbocycles. The highest BCUT2D eigenvalue weighted by atomic mass is 32.2. The van der Waals surface area contributed by atoms with Crippen LogP contribution in [0.5, 0.6) is 0 Å². The van der Waals surface area contributed by atoms with Crippen molar-refractivity contribution in [1.82, 2.24) is 0 Å². The second-order valence-corrected chi connectivity index (χ2v) is 6.58. The van der Waals surface area contributed by atoms with Crippen molar-refractivity contribution >= 4 is 16.6 Å². The van der Waals surface area contributed by atoms with Gasteiger partial charge in [0, 0.05) is 25.7 Å². The van der Waals surface area contributed by atoms with Gasteiger partial charge in [-0.15, -0.1) is 0 Å². The van der Waals surface area contributed by atoms with Crippen LogP contribution in [-0.2, 0) is 16.6 Å². The summed E-state index contributed by atoms with van der Waals surface area (Å²) in [5.74, 6) is 4.12. The topological polar surface area (TPSA) is 3.24 Å². The monoisotopic (exact) mass is 220 g/mol. The summed E-state index contributed by atoms with van der Waals surface area (Å²) in [4.78, 5) is 2.18. The van der Waals surface area contributed by atoms with Crippen molar-refractivity contribution in [2.24, 2.45) is 0 Å². The molecule has 0 amide bonds. The van der Waals surface area contributed by atoms with E-state index in [9.17, 15) is 0 Å². The lowest BCUT2D eigenvalue weighted by molar-refractivity contribution is 0.949. The third-order valence-electron chi connectivity index (χ3n) is 2.83. The number of hydrogen-bond donors (Lipinski definition) is 0. The minimum absolute atomic E-state index is 0.634. The Labute approximate surface area is 95.8 Å². The highest BCUT2D eigenvalue weighted by Gasteiger charge is 2.25. The second kappa shape index (κ2) is 4.81. The lowest BCUT2D eigenvalue weighted by atomic mass is 10.2. The molecule has 0 spiro atoms. The van der Waals surface area contributed by atoms with Gasteiger partial charge in [0.15, 0.2) is 0 Å². The van der Waals surface area contributed by atoms with E-state index in [4.69, 9.17) is 0 Å². The van der Waals surface area contributed by atoms with E-state index >= 15 is 0 Å². The van der Waals surface area contributed by atoms with Crippen molar-refractivity contribution in [3.05, 3.63) is 29.8 Å². The molecular weight excluding hydrogens is 202 g/mol. The van der Waals surface area contributed by atoms with Gasteiger partial charge in [0.2, 0.25) is 0 Å². The fourth-order valence-electron chi connectivity index (χ4n) is 2.02. The zero-order valence-corrected chi connectivity index (χ0v) is 10.4. The fourth-order valence-corrected chi connectivity index (χ4v) is 4.40. The van der Waals surface area contributed by atoms with E-state index in [0.29, 0.717) is 10.9 Å². The van der Waals surface area contributed by atoms with Crippen molar-refractivity contribution in [2.45, 2.75) is 18.6 Å². The minimum Gasteiger partial charge on any atom is -0.377 e. The summed E-state index contributed by atoms with van der Waals surface area (Å²) in [5, 5.41) is 0. The lowest BCUT2D eigenvalue weighted by Crippen LogP contribution is -2.14. The first-order chi connectivity index (χ1) is 7.27. The minimum atomic E-state index is 0.634. The normalized spacial score (nSPS) is 16.4. The molecule has 1 nitrogen and oxygen atoms in total. The van der Waals surface area contributed by atoms with Gasteiger partial charge in [0.25, 0.3) is 0 Å². The largest absolute Gasteiger partial charge is 0.377 e. The summed E-state index contributed by atoms with van der Waals surface area (Å²) in [7, 11) is 4.84. The number of anilines is 1. The summed E-state index contributed by atoms with van der Waals surface area (Å²) in [6, 6.07) is 10.3. The van der Waals surface area contributed by atoms with Gasteiger partial charge in [-0.2, -0.15) is 0 Å². The third-order valence-corrected chi connectivity index (χ3v) is 5.28. The zero-order chi connectivity index (χ0) is 10.7. The van der Waals surface area contributed by atoms with Gasteiger partial charge in [0.05, 0.1) is 5.69 Å². The zero-order valence-electron chi connectivity index (χ0n) is 9.55. The average Bonchev–Trinajstić information content (AvgIpc) is 2.71. The Balaban J connectivity index is 2.12. The molecule has 1 heterocycles. The van der Waals surface area contributed by atoms with Gasteiger partial charge in [-0.1, -0.05) is 12.1 Å². The summed E-state index contributed by atoms with van der Waals surface area (Å²) in [6.07, 6.45) is 2.87. The second-order valence-electron chi connectivity index (χ2n) is 4.25. The molecule has 1 aliphatic heterocycles. The van der Waals surface area contributed by atoms with Gasteiger partial charge in [-0.05, 0) is 29.8 Å². The molecule has 0 aliphatic carbocycles. The van der Waals surface area contributed by atoms with Crippen LogP contribution in [0.4, 0.5) is 5.69 Å². The first-order valence-electron chi connectivity index (χ1n) is 5.49. The van der Waals surface area contributed by atoms with Crippen molar-refractivity contribution in [3.63, 3.8) is 0 Å². The van der Waals surface area contributed by atoms with E-state index in [0.717, 1.165) is 0 Å². The highest BCUT2D eigenvalue weighted by Crippen LogP contribution is 2.23. The SMILES string of the molecule is CN(C)c1cc#ccc1C[S+]1CCCC1. The average molecular weight is 220 g/mol. The van der Waals surface area contributed by atoms with Gasteiger partial charge in [-0.25, -0.2) is 0 Å². The van der Waals surface area contributed by atoms with Crippen molar-refractivity contribution in [1.29, 1.82) is 0 Å². The molecule has 1 aliphatic rings. The Morgan fingerprint density at radius 1 is 1.20 bits per heavy atom. The van der Waals surface area contributed by atoms with Crippen LogP contribution in [0.25, 0.3) is 0 Å². The van der Waals surface area contributed by atoms with Crippen LogP contribution in [0.3, 0.4) is 0 Å². The molecule has 1 aromatic rings. The molecule has 0 unspecified atom stereocenters. The van der Waals surface area contributed by atoms with E-state index in [1.54, 1.807) is 0 Å². The van der Waals surface area contributed by atoms with Gasteiger partial charge >= 0.3 is 0 Å². The Hall–Kier alpha value is -0.810. The molecule has 0 atom stereocenters. The van der Waals surface area contributed by atoms with Crippen LogP contribution in [0.1, 0.15) is 18.4 Å². The molecule has 0 aromatic heterocycles. The van der Waals surface area contributed by atoms with Crippen molar-refractivity contribution in [2.75, 3.05) is 30.5 Å². The molecule has 0 radical (unpaired) electrons. The maximum absolute atomic E-state index is 3.08. The molecule has 15 heavy (non-hydrogen) atoms. The molecule has 0 N–H and O–H groups in total. The van der Waals surface area contributed by atoms with Crippen molar-refractivity contribution in [3.8, 4) is 0 Å². The van der Waals surface area contributed by atoms with Crippen LogP contribution in [0.2, 0.25) is 0 Å². The number of hydrogen-bond acceptors (Lipinski definition) is 1. The summed E-state index contributed by atoms with van der Waals surface area (Å²) in [5.41, 5.74) is 2.76. The predicted molar refractivity (Wildman–Crippen MR) is 68.5 cm³/mol. The van der Waals surface area contributed by atoms with Crippen LogP contribution in [0.15, 0.2) is 12.1 Å². The van der Waals surface area contributed by atoms with Crippen LogP contribution in [-0.4, -0.2) is 25.6 Å². The van der Waals surface area contributed by atoms with E-state index in [1.807, 2.05) is 0 Å². The Morgan fingerprint density at radius 3 is 2.53 bits per heavy atom. The quantitative estimate of drug-likeness (QED) is 0.706. The summed E-state index contributed by atoms with van der Waals surface area (Å²) >= 11 is 0. The lowest BCUT2D eigenvalue weighted by Gasteiger charge is -2.15. The van der Waals surface area contributed by atoms with E-state index < -0.39 is 0 Å². The molecule has 0 bridgehead atoms. The Morgan fingerprint density at radius 2 is 1.87 bits per heavy atom. The van der Waals surface area contributed by atoms with Gasteiger partial charge in [-0.3, -0.25) is 0 Å². The summed E-state index contributed by atoms with van der Waals surface area (Å²) in [6.45, 7) is 0. The molecule has 2 heteroatoms. The molecule has 80 valence electrons. The first-order valence-corrected chi connectivity index (χ1v) is 7.22. The van der Waals surface area contributed by atoms with E-state index in [2.05, 4.69) is 43.3 Å². The van der Waals surface area contributed by atoms with E-state index in [1.165, 1.54) is 41.4 Å². The predicted octanol–water partition coefficient (Wildman–Crippen LogP) is 2.27. The maximum Gasteiger partial charge on any atom is 0.135 e. The third kappa shape index (κ3) is 2.60. The van der Waals surface area contributed by atoms with Gasteiger partial charge < -0.3 is 4.90 Å². The summed E-state index contributed by atoms with van der Waals surface area (Å²) < 4.78 is 0. The van der Waals surface area contributed by atoms with Crippen molar-refractivity contribution < 1.29 is 0 Å². The van der Waals surface area contributed by atoms with Crippen LogP contribution in [0, 0.1) is 12.1 Å². The molecule has 2 rings (SSSR count). The standard InChI is InChI=1S/C13H18NS/c1-14(2)13-8-4-3-7-12(13)11-15-9-5-6-10-15/h7-8H,5-6,9-11H2,1-2H3/q+1. The highest BCUT2D eigenvalue weighted by molar-refractivity contribution is 7.96.